The first-order valence-electron chi connectivity index (χ1n) is 6.96. The second-order valence-electron chi connectivity index (χ2n) is 5.22. The summed E-state index contributed by atoms with van der Waals surface area (Å²) in [7, 11) is 0. The molecule has 0 aliphatic carbocycles. The number of carbonyl (C=O) groups excluding carboxylic acids is 1. The Morgan fingerprint density at radius 2 is 2.36 bits per heavy atom. The second kappa shape index (κ2) is 5.96. The van der Waals surface area contributed by atoms with E-state index >= 15 is 0 Å². The van der Waals surface area contributed by atoms with Crippen LogP contribution >= 0.6 is 11.6 Å². The molecular weight excluding hydrogens is 309 g/mol. The van der Waals surface area contributed by atoms with Gasteiger partial charge in [-0.15, -0.1) is 0 Å². The number of ether oxygens (including phenoxy) is 1. The topological polar surface area (TPSA) is 58.2 Å². The molecule has 1 aliphatic heterocycles. The number of fused-ring (bicyclic) bond motifs is 1. The maximum absolute atomic E-state index is 13.0. The number of rotatable bonds is 3. The van der Waals surface area contributed by atoms with E-state index in [1.807, 2.05) is 0 Å². The molecule has 7 heteroatoms. The van der Waals surface area contributed by atoms with Gasteiger partial charge in [-0.2, -0.15) is 5.10 Å². The Kier molecular flexibility index (Phi) is 4.02. The summed E-state index contributed by atoms with van der Waals surface area (Å²) in [5.74, 6) is -0.281. The first-order chi connectivity index (χ1) is 10.5. The summed E-state index contributed by atoms with van der Waals surface area (Å²) in [6.45, 7) is 2.78. The van der Waals surface area contributed by atoms with E-state index in [4.69, 9.17) is 16.3 Å². The van der Waals surface area contributed by atoms with Crippen molar-refractivity contribution in [1.82, 2.24) is 15.1 Å². The number of aromatic amines is 1. The zero-order chi connectivity index (χ0) is 15.7. The maximum atomic E-state index is 13.0. The lowest BCUT2D eigenvalue weighted by atomic mass is 10.1. The number of benzene rings is 1. The lowest BCUT2D eigenvalue weighted by Crippen LogP contribution is -2.43. The van der Waals surface area contributed by atoms with Gasteiger partial charge >= 0.3 is 0 Å². The predicted octanol–water partition coefficient (Wildman–Crippen LogP) is 2.55. The van der Waals surface area contributed by atoms with Gasteiger partial charge in [0, 0.05) is 30.8 Å². The van der Waals surface area contributed by atoms with E-state index in [2.05, 4.69) is 10.2 Å². The van der Waals surface area contributed by atoms with E-state index in [-0.39, 0.29) is 10.9 Å². The Morgan fingerprint density at radius 3 is 3.14 bits per heavy atom. The van der Waals surface area contributed by atoms with Crippen molar-refractivity contribution in [2.24, 2.45) is 0 Å². The molecule has 1 aromatic heterocycles. The average Bonchev–Trinajstić information content (AvgIpc) is 2.96. The van der Waals surface area contributed by atoms with Crippen LogP contribution in [-0.2, 0) is 17.8 Å². The van der Waals surface area contributed by atoms with E-state index < -0.39 is 11.9 Å². The Labute approximate surface area is 132 Å². The Balaban J connectivity index is 1.67. The number of hydrogen-bond acceptors (Lipinski definition) is 3. The highest BCUT2D eigenvalue weighted by Gasteiger charge is 2.27. The van der Waals surface area contributed by atoms with Crippen LogP contribution in [0.15, 0.2) is 24.4 Å². The van der Waals surface area contributed by atoms with Crippen molar-refractivity contribution in [2.75, 3.05) is 6.54 Å². The normalized spacial score (nSPS) is 15.3. The first kappa shape index (κ1) is 14.8. The van der Waals surface area contributed by atoms with Gasteiger partial charge in [0.15, 0.2) is 6.10 Å². The van der Waals surface area contributed by atoms with Crippen molar-refractivity contribution < 1.29 is 13.9 Å². The summed E-state index contributed by atoms with van der Waals surface area (Å²) in [5.41, 5.74) is 2.09. The van der Waals surface area contributed by atoms with E-state index in [0.717, 1.165) is 23.7 Å². The van der Waals surface area contributed by atoms with Crippen LogP contribution in [0.3, 0.4) is 0 Å². The molecule has 1 atom stereocenters. The monoisotopic (exact) mass is 323 g/mol. The summed E-state index contributed by atoms with van der Waals surface area (Å²) in [4.78, 5) is 14.2. The van der Waals surface area contributed by atoms with Crippen molar-refractivity contribution in [3.8, 4) is 5.75 Å². The number of H-pyrrole nitrogens is 1. The lowest BCUT2D eigenvalue weighted by Gasteiger charge is -2.29. The molecule has 116 valence electrons. The Hall–Kier alpha value is -2.08. The summed E-state index contributed by atoms with van der Waals surface area (Å²) in [6, 6.07) is 3.83. The molecule has 0 saturated heterocycles. The van der Waals surface area contributed by atoms with Crippen LogP contribution in [0.4, 0.5) is 4.39 Å². The molecule has 3 rings (SSSR count). The molecule has 2 aromatic rings. The molecule has 22 heavy (non-hydrogen) atoms. The Bertz CT molecular complexity index is 704. The summed E-state index contributed by atoms with van der Waals surface area (Å²) in [5, 5.41) is 7.06. The fourth-order valence-electron chi connectivity index (χ4n) is 2.48. The highest BCUT2D eigenvalue weighted by molar-refractivity contribution is 6.32. The quantitative estimate of drug-likeness (QED) is 0.944. The number of halogens is 2. The van der Waals surface area contributed by atoms with Crippen LogP contribution < -0.4 is 4.74 Å². The maximum Gasteiger partial charge on any atom is 0.263 e. The highest BCUT2D eigenvalue weighted by atomic mass is 35.5. The smallest absolute Gasteiger partial charge is 0.263 e. The van der Waals surface area contributed by atoms with Crippen molar-refractivity contribution in [3.05, 3.63) is 46.5 Å². The van der Waals surface area contributed by atoms with Crippen molar-refractivity contribution in [1.29, 1.82) is 0 Å². The van der Waals surface area contributed by atoms with Gasteiger partial charge in [0.25, 0.3) is 5.91 Å². The van der Waals surface area contributed by atoms with E-state index in [1.54, 1.807) is 18.0 Å². The summed E-state index contributed by atoms with van der Waals surface area (Å²) in [6.07, 6.45) is 1.78. The number of nitrogens with one attached hydrogen (secondary N) is 1. The standard InChI is InChI=1S/C15H15ClFN3O2/c1-9(22-14-3-2-11(17)6-12(14)16)15(21)20-5-4-13-10(8-20)7-18-19-13/h2-3,6-7,9H,4-5,8H2,1H3,(H,18,19). The van der Waals surface area contributed by atoms with Gasteiger partial charge in [-0.3, -0.25) is 9.89 Å². The molecular formula is C15H15ClFN3O2. The minimum absolute atomic E-state index is 0.132. The number of hydrogen-bond donors (Lipinski definition) is 1. The molecule has 0 radical (unpaired) electrons. The summed E-state index contributed by atoms with van der Waals surface area (Å²) < 4.78 is 18.6. The highest BCUT2D eigenvalue weighted by Crippen LogP contribution is 2.26. The van der Waals surface area contributed by atoms with Crippen LogP contribution in [0.1, 0.15) is 18.2 Å². The molecule has 0 bridgehead atoms. The third-order valence-corrected chi connectivity index (χ3v) is 3.95. The number of carbonyl (C=O) groups is 1. The van der Waals surface area contributed by atoms with Crippen LogP contribution in [0.2, 0.25) is 5.02 Å². The third kappa shape index (κ3) is 2.92. The molecule has 2 heterocycles. The zero-order valence-corrected chi connectivity index (χ0v) is 12.7. The van der Waals surface area contributed by atoms with Crippen LogP contribution in [0.25, 0.3) is 0 Å². The fraction of sp³-hybridized carbons (Fsp3) is 0.333. The summed E-state index contributed by atoms with van der Waals surface area (Å²) >= 11 is 5.91. The number of nitrogens with zero attached hydrogens (tertiary/aromatic N) is 2. The average molecular weight is 324 g/mol. The lowest BCUT2D eigenvalue weighted by molar-refractivity contribution is -0.138. The van der Waals surface area contributed by atoms with Gasteiger partial charge in [0.2, 0.25) is 0 Å². The number of aromatic nitrogens is 2. The van der Waals surface area contributed by atoms with E-state index in [1.165, 1.54) is 12.1 Å². The minimum atomic E-state index is -0.698. The van der Waals surface area contributed by atoms with E-state index in [9.17, 15) is 9.18 Å². The third-order valence-electron chi connectivity index (χ3n) is 3.66. The molecule has 0 fully saturated rings. The van der Waals surface area contributed by atoms with Gasteiger partial charge in [0.1, 0.15) is 11.6 Å². The number of amides is 1. The zero-order valence-electron chi connectivity index (χ0n) is 12.0. The predicted molar refractivity (Wildman–Crippen MR) is 79.2 cm³/mol. The molecule has 0 spiro atoms. The molecule has 5 nitrogen and oxygen atoms in total. The Morgan fingerprint density at radius 1 is 1.55 bits per heavy atom. The molecule has 1 amide bonds. The van der Waals surface area contributed by atoms with Gasteiger partial charge in [-0.1, -0.05) is 11.6 Å². The van der Waals surface area contributed by atoms with Crippen LogP contribution in [-0.4, -0.2) is 33.7 Å². The SMILES string of the molecule is CC(Oc1ccc(F)cc1Cl)C(=O)N1CCc2[nH]ncc2C1. The molecule has 0 saturated carbocycles. The molecule has 1 aromatic carbocycles. The van der Waals surface area contributed by atoms with Crippen molar-refractivity contribution >= 4 is 17.5 Å². The minimum Gasteiger partial charge on any atom is -0.479 e. The van der Waals surface area contributed by atoms with Gasteiger partial charge in [-0.05, 0) is 25.1 Å². The molecule has 1 unspecified atom stereocenters. The van der Waals surface area contributed by atoms with Crippen LogP contribution in [0, 0.1) is 5.82 Å². The molecule has 1 N–H and O–H groups in total. The fourth-order valence-corrected chi connectivity index (χ4v) is 2.69. The second-order valence-corrected chi connectivity index (χ2v) is 5.63. The van der Waals surface area contributed by atoms with Crippen molar-refractivity contribution in [2.45, 2.75) is 26.0 Å². The van der Waals surface area contributed by atoms with Gasteiger partial charge in [0.05, 0.1) is 11.2 Å². The first-order valence-corrected chi connectivity index (χ1v) is 7.34. The van der Waals surface area contributed by atoms with Crippen molar-refractivity contribution in [3.63, 3.8) is 0 Å². The van der Waals surface area contributed by atoms with Gasteiger partial charge in [-0.25, -0.2) is 4.39 Å². The molecule has 1 aliphatic rings. The van der Waals surface area contributed by atoms with Crippen LogP contribution in [0.5, 0.6) is 5.75 Å². The largest absolute Gasteiger partial charge is 0.479 e. The van der Waals surface area contributed by atoms with E-state index in [0.29, 0.717) is 18.8 Å². The van der Waals surface area contributed by atoms with Gasteiger partial charge < -0.3 is 9.64 Å².